The number of amides is 3. The molecule has 2 aromatic rings. The molecule has 0 bridgehead atoms. The van der Waals surface area contributed by atoms with Crippen LogP contribution >= 0.6 is 0 Å². The zero-order valence-electron chi connectivity index (χ0n) is 12.1. The number of urea groups is 1. The predicted molar refractivity (Wildman–Crippen MR) is 81.7 cm³/mol. The van der Waals surface area contributed by atoms with Gasteiger partial charge >= 0.3 is 6.03 Å². The molecule has 1 fully saturated rings. The molecule has 0 atom stereocenters. The Bertz CT molecular complexity index is 806. The third kappa shape index (κ3) is 2.35. The fourth-order valence-corrected chi connectivity index (χ4v) is 2.38. The van der Waals surface area contributed by atoms with Crippen LogP contribution in [0.15, 0.2) is 36.0 Å². The topological polar surface area (TPSA) is 76.7 Å². The van der Waals surface area contributed by atoms with Gasteiger partial charge < -0.3 is 14.8 Å². The molecule has 0 unspecified atom stereocenters. The van der Waals surface area contributed by atoms with Crippen molar-refractivity contribution in [2.75, 3.05) is 14.2 Å². The lowest BCUT2D eigenvalue weighted by Crippen LogP contribution is -2.22. The quantitative estimate of drug-likeness (QED) is 0.671. The van der Waals surface area contributed by atoms with E-state index in [2.05, 4.69) is 10.6 Å². The van der Waals surface area contributed by atoms with Gasteiger partial charge in [-0.2, -0.15) is 0 Å². The number of hydrogen-bond acceptors (Lipinski definition) is 4. The van der Waals surface area contributed by atoms with Crippen LogP contribution < -0.4 is 20.1 Å². The van der Waals surface area contributed by atoms with Crippen molar-refractivity contribution in [2.45, 2.75) is 0 Å². The SMILES string of the molecule is COc1ccc2ccc(OC)c(/C=C3/NC(=O)NC3=O)c2c1. The van der Waals surface area contributed by atoms with E-state index in [-0.39, 0.29) is 5.70 Å². The van der Waals surface area contributed by atoms with Crippen LogP contribution in [0, 0.1) is 0 Å². The van der Waals surface area contributed by atoms with Gasteiger partial charge in [-0.3, -0.25) is 10.1 Å². The first-order chi connectivity index (χ1) is 10.6. The molecular formula is C16H14N2O4. The fraction of sp³-hybridized carbons (Fsp3) is 0.125. The minimum atomic E-state index is -0.534. The third-order valence-corrected chi connectivity index (χ3v) is 3.46. The summed E-state index contributed by atoms with van der Waals surface area (Å²) in [7, 11) is 3.14. The smallest absolute Gasteiger partial charge is 0.326 e. The van der Waals surface area contributed by atoms with E-state index in [0.717, 1.165) is 10.8 Å². The first kappa shape index (κ1) is 13.9. The molecule has 1 aliphatic heterocycles. The van der Waals surface area contributed by atoms with Crippen LogP contribution in [0.2, 0.25) is 0 Å². The number of nitrogens with one attached hydrogen (secondary N) is 2. The lowest BCUT2D eigenvalue weighted by molar-refractivity contribution is -0.115. The Morgan fingerprint density at radius 3 is 2.41 bits per heavy atom. The van der Waals surface area contributed by atoms with Crippen molar-refractivity contribution in [1.82, 2.24) is 10.6 Å². The molecule has 3 rings (SSSR count). The predicted octanol–water partition coefficient (Wildman–Crippen LogP) is 2.04. The Kier molecular flexibility index (Phi) is 3.42. The monoisotopic (exact) mass is 298 g/mol. The van der Waals surface area contributed by atoms with E-state index in [9.17, 15) is 9.59 Å². The molecule has 112 valence electrons. The van der Waals surface area contributed by atoms with E-state index in [1.165, 1.54) is 0 Å². The van der Waals surface area contributed by atoms with E-state index in [1.807, 2.05) is 30.3 Å². The number of methoxy groups -OCH3 is 2. The van der Waals surface area contributed by atoms with Crippen molar-refractivity contribution < 1.29 is 19.1 Å². The Morgan fingerprint density at radius 2 is 1.77 bits per heavy atom. The highest BCUT2D eigenvalue weighted by Gasteiger charge is 2.23. The second kappa shape index (κ2) is 5.40. The third-order valence-electron chi connectivity index (χ3n) is 3.46. The van der Waals surface area contributed by atoms with E-state index in [0.29, 0.717) is 17.1 Å². The van der Waals surface area contributed by atoms with Crippen molar-refractivity contribution in [3.05, 3.63) is 41.6 Å². The average Bonchev–Trinajstić information content (AvgIpc) is 2.84. The number of benzene rings is 2. The lowest BCUT2D eigenvalue weighted by Gasteiger charge is -2.11. The molecule has 0 aliphatic carbocycles. The van der Waals surface area contributed by atoms with Gasteiger partial charge in [-0.05, 0) is 35.0 Å². The van der Waals surface area contributed by atoms with Crippen LogP contribution in [-0.2, 0) is 4.79 Å². The molecule has 1 heterocycles. The minimum Gasteiger partial charge on any atom is -0.497 e. The summed E-state index contributed by atoms with van der Waals surface area (Å²) in [5.74, 6) is 0.828. The van der Waals surface area contributed by atoms with E-state index in [1.54, 1.807) is 20.3 Å². The summed E-state index contributed by atoms with van der Waals surface area (Å²) >= 11 is 0. The van der Waals surface area contributed by atoms with Crippen LogP contribution in [0.1, 0.15) is 5.56 Å². The first-order valence-corrected chi connectivity index (χ1v) is 6.61. The Hall–Kier alpha value is -3.02. The van der Waals surface area contributed by atoms with Gasteiger partial charge in [0.15, 0.2) is 0 Å². The number of hydrogen-bond donors (Lipinski definition) is 2. The minimum absolute atomic E-state index is 0.179. The molecule has 0 spiro atoms. The van der Waals surface area contributed by atoms with Gasteiger partial charge in [0, 0.05) is 5.56 Å². The number of ether oxygens (including phenoxy) is 2. The molecule has 1 saturated heterocycles. The normalized spacial score (nSPS) is 15.8. The summed E-state index contributed by atoms with van der Waals surface area (Å²) in [6.45, 7) is 0. The van der Waals surface area contributed by atoms with Gasteiger partial charge in [-0.15, -0.1) is 0 Å². The maximum Gasteiger partial charge on any atom is 0.326 e. The molecule has 0 aromatic heterocycles. The molecule has 6 heteroatoms. The maximum atomic E-state index is 11.7. The van der Waals surface area contributed by atoms with E-state index in [4.69, 9.17) is 9.47 Å². The Labute approximate surface area is 126 Å². The highest BCUT2D eigenvalue weighted by atomic mass is 16.5. The van der Waals surface area contributed by atoms with Crippen LogP contribution in [0.4, 0.5) is 4.79 Å². The van der Waals surface area contributed by atoms with Gasteiger partial charge in [0.2, 0.25) is 0 Å². The van der Waals surface area contributed by atoms with Crippen LogP contribution in [0.25, 0.3) is 16.8 Å². The number of carbonyl (C=O) groups excluding carboxylic acids is 2. The second-order valence-electron chi connectivity index (χ2n) is 4.73. The number of fused-ring (bicyclic) bond motifs is 1. The molecule has 2 aromatic carbocycles. The van der Waals surface area contributed by atoms with Crippen LogP contribution in [0.5, 0.6) is 11.5 Å². The number of carbonyl (C=O) groups is 2. The van der Waals surface area contributed by atoms with Gasteiger partial charge in [0.1, 0.15) is 17.2 Å². The summed E-state index contributed by atoms with van der Waals surface area (Å²) in [5, 5.41) is 6.48. The zero-order valence-corrected chi connectivity index (χ0v) is 12.1. The fourth-order valence-electron chi connectivity index (χ4n) is 2.38. The molecule has 0 saturated carbocycles. The first-order valence-electron chi connectivity index (χ1n) is 6.61. The number of imide groups is 1. The second-order valence-corrected chi connectivity index (χ2v) is 4.73. The molecular weight excluding hydrogens is 284 g/mol. The summed E-state index contributed by atoms with van der Waals surface area (Å²) in [4.78, 5) is 23.0. The average molecular weight is 298 g/mol. The summed E-state index contributed by atoms with van der Waals surface area (Å²) in [6, 6.07) is 8.84. The Morgan fingerprint density at radius 1 is 1.00 bits per heavy atom. The largest absolute Gasteiger partial charge is 0.497 e. The molecule has 0 radical (unpaired) electrons. The van der Waals surface area contributed by atoms with E-state index >= 15 is 0 Å². The summed E-state index contributed by atoms with van der Waals surface area (Å²) in [6.07, 6.45) is 1.60. The van der Waals surface area contributed by atoms with Gasteiger partial charge in [-0.1, -0.05) is 12.1 Å². The van der Waals surface area contributed by atoms with Crippen molar-refractivity contribution >= 4 is 28.8 Å². The van der Waals surface area contributed by atoms with Crippen molar-refractivity contribution in [3.8, 4) is 11.5 Å². The van der Waals surface area contributed by atoms with Gasteiger partial charge in [-0.25, -0.2) is 4.79 Å². The molecule has 6 nitrogen and oxygen atoms in total. The van der Waals surface area contributed by atoms with Crippen molar-refractivity contribution in [1.29, 1.82) is 0 Å². The highest BCUT2D eigenvalue weighted by Crippen LogP contribution is 2.32. The maximum absolute atomic E-state index is 11.7. The highest BCUT2D eigenvalue weighted by molar-refractivity contribution is 6.15. The van der Waals surface area contributed by atoms with Gasteiger partial charge in [0.25, 0.3) is 5.91 Å². The molecule has 3 amide bonds. The number of rotatable bonds is 3. The van der Waals surface area contributed by atoms with Gasteiger partial charge in [0.05, 0.1) is 14.2 Å². The Balaban J connectivity index is 2.23. The standard InChI is InChI=1S/C16H14N2O4/c1-21-10-5-3-9-4-6-14(22-2)12(11(9)7-10)8-13-15(19)18-16(20)17-13/h3-8H,1-2H3,(H2,17,18,19,20)/b13-8+. The summed E-state index contributed by atoms with van der Waals surface area (Å²) < 4.78 is 10.6. The van der Waals surface area contributed by atoms with Crippen molar-refractivity contribution in [3.63, 3.8) is 0 Å². The van der Waals surface area contributed by atoms with Crippen LogP contribution in [-0.4, -0.2) is 26.2 Å². The zero-order chi connectivity index (χ0) is 15.7. The summed E-state index contributed by atoms with van der Waals surface area (Å²) in [5.41, 5.74) is 0.880. The lowest BCUT2D eigenvalue weighted by atomic mass is 10.0. The van der Waals surface area contributed by atoms with Crippen molar-refractivity contribution in [2.24, 2.45) is 0 Å². The van der Waals surface area contributed by atoms with Crippen LogP contribution in [0.3, 0.4) is 0 Å². The molecule has 2 N–H and O–H groups in total. The van der Waals surface area contributed by atoms with E-state index < -0.39 is 11.9 Å². The molecule has 22 heavy (non-hydrogen) atoms. The molecule has 1 aliphatic rings.